The molecule has 3 N–H and O–H groups in total. The van der Waals surface area contributed by atoms with Gasteiger partial charge in [0.05, 0.1) is 0 Å². The fourth-order valence-corrected chi connectivity index (χ4v) is 3.11. The fraction of sp³-hybridized carbons (Fsp3) is 0.130. The number of nitrogens with one attached hydrogen (secondary N) is 3. The molecule has 2 amide bonds. The van der Waals surface area contributed by atoms with Gasteiger partial charge >= 0.3 is 0 Å². The highest BCUT2D eigenvalue weighted by Crippen LogP contribution is 2.29. The standard InChI is InChI=1S/C23H21N5O4/c1-24-21(29)18-12-16(10-11-26-18)31-15-8-9-17-19(13-15)32-23(27-17)28-20(22(30)25-2)14-6-4-3-5-7-14/h3-13,20H,1-2H3,(H,24,29)(H,25,30)(H,27,28). The number of fused-ring (bicyclic) bond motifs is 1. The maximum atomic E-state index is 12.4. The van der Waals surface area contributed by atoms with E-state index >= 15 is 0 Å². The first-order chi connectivity index (χ1) is 15.6. The van der Waals surface area contributed by atoms with Gasteiger partial charge in [0.25, 0.3) is 11.9 Å². The summed E-state index contributed by atoms with van der Waals surface area (Å²) in [5, 5.41) is 8.22. The number of oxazole rings is 1. The zero-order valence-corrected chi connectivity index (χ0v) is 17.5. The van der Waals surface area contributed by atoms with Crippen molar-refractivity contribution in [3.8, 4) is 11.5 Å². The van der Waals surface area contributed by atoms with Crippen LogP contribution in [0.1, 0.15) is 22.1 Å². The number of ether oxygens (including phenoxy) is 1. The van der Waals surface area contributed by atoms with Crippen molar-refractivity contribution in [1.29, 1.82) is 0 Å². The van der Waals surface area contributed by atoms with Gasteiger partial charge in [0.1, 0.15) is 28.8 Å². The highest BCUT2D eigenvalue weighted by Gasteiger charge is 2.21. The van der Waals surface area contributed by atoms with E-state index in [2.05, 4.69) is 25.9 Å². The Morgan fingerprint density at radius 1 is 0.969 bits per heavy atom. The van der Waals surface area contributed by atoms with E-state index in [1.165, 1.54) is 13.2 Å². The minimum Gasteiger partial charge on any atom is -0.457 e. The maximum Gasteiger partial charge on any atom is 0.296 e. The Morgan fingerprint density at radius 3 is 2.50 bits per heavy atom. The monoisotopic (exact) mass is 431 g/mol. The molecule has 32 heavy (non-hydrogen) atoms. The number of likely N-dealkylation sites (N-methyl/N-ethyl adjacent to an activating group) is 1. The van der Waals surface area contributed by atoms with Gasteiger partial charge in [0.15, 0.2) is 5.58 Å². The van der Waals surface area contributed by atoms with Gasteiger partial charge in [-0.2, -0.15) is 4.98 Å². The number of pyridine rings is 1. The molecule has 0 saturated heterocycles. The molecule has 0 aliphatic heterocycles. The summed E-state index contributed by atoms with van der Waals surface area (Å²) in [4.78, 5) is 32.6. The van der Waals surface area contributed by atoms with Gasteiger partial charge in [-0.1, -0.05) is 30.3 Å². The first kappa shape index (κ1) is 20.9. The first-order valence-corrected chi connectivity index (χ1v) is 9.87. The summed E-state index contributed by atoms with van der Waals surface area (Å²) in [6.45, 7) is 0. The highest BCUT2D eigenvalue weighted by atomic mass is 16.5. The van der Waals surface area contributed by atoms with E-state index in [4.69, 9.17) is 9.15 Å². The lowest BCUT2D eigenvalue weighted by Crippen LogP contribution is -2.30. The van der Waals surface area contributed by atoms with Gasteiger partial charge < -0.3 is 25.1 Å². The summed E-state index contributed by atoms with van der Waals surface area (Å²) in [5.41, 5.74) is 2.11. The van der Waals surface area contributed by atoms with Crippen LogP contribution in [0.4, 0.5) is 6.01 Å². The van der Waals surface area contributed by atoms with Crippen molar-refractivity contribution in [2.75, 3.05) is 19.4 Å². The normalized spacial score (nSPS) is 11.6. The predicted molar refractivity (Wildman–Crippen MR) is 119 cm³/mol. The number of anilines is 1. The quantitative estimate of drug-likeness (QED) is 0.411. The molecule has 0 radical (unpaired) electrons. The number of rotatable bonds is 7. The van der Waals surface area contributed by atoms with Crippen molar-refractivity contribution in [3.05, 3.63) is 78.1 Å². The van der Waals surface area contributed by atoms with Crippen LogP contribution in [0.15, 0.2) is 71.3 Å². The van der Waals surface area contributed by atoms with Gasteiger partial charge in [-0.05, 0) is 23.8 Å². The second-order valence-corrected chi connectivity index (χ2v) is 6.81. The molecule has 2 heterocycles. The van der Waals surface area contributed by atoms with Gasteiger partial charge in [0, 0.05) is 32.4 Å². The van der Waals surface area contributed by atoms with Crippen LogP contribution in [0.3, 0.4) is 0 Å². The molecule has 1 unspecified atom stereocenters. The van der Waals surface area contributed by atoms with Crippen LogP contribution in [-0.2, 0) is 4.79 Å². The van der Waals surface area contributed by atoms with E-state index in [0.29, 0.717) is 22.6 Å². The second kappa shape index (κ2) is 9.17. The zero-order chi connectivity index (χ0) is 22.5. The lowest BCUT2D eigenvalue weighted by atomic mass is 10.1. The zero-order valence-electron chi connectivity index (χ0n) is 17.5. The third kappa shape index (κ3) is 4.51. The SMILES string of the molecule is CNC(=O)c1cc(Oc2ccc3nc(NC(C(=O)NC)c4ccccc4)oc3c2)ccn1. The van der Waals surface area contributed by atoms with Crippen LogP contribution in [-0.4, -0.2) is 35.9 Å². The van der Waals surface area contributed by atoms with E-state index < -0.39 is 6.04 Å². The number of hydrogen-bond acceptors (Lipinski definition) is 7. The van der Waals surface area contributed by atoms with E-state index in [0.717, 1.165) is 5.56 Å². The molecule has 0 bridgehead atoms. The van der Waals surface area contributed by atoms with Gasteiger partial charge in [-0.15, -0.1) is 0 Å². The van der Waals surface area contributed by atoms with Crippen LogP contribution in [0.2, 0.25) is 0 Å². The summed E-state index contributed by atoms with van der Waals surface area (Å²) in [5.74, 6) is 0.438. The highest BCUT2D eigenvalue weighted by molar-refractivity contribution is 5.92. The average Bonchev–Trinajstić information content (AvgIpc) is 3.24. The number of carbonyl (C=O) groups excluding carboxylic acids is 2. The number of carbonyl (C=O) groups is 2. The van der Waals surface area contributed by atoms with Crippen LogP contribution < -0.4 is 20.7 Å². The molecule has 1 atom stereocenters. The van der Waals surface area contributed by atoms with Crippen molar-refractivity contribution in [2.45, 2.75) is 6.04 Å². The lowest BCUT2D eigenvalue weighted by Gasteiger charge is -2.16. The van der Waals surface area contributed by atoms with Crippen LogP contribution in [0.25, 0.3) is 11.1 Å². The summed E-state index contributed by atoms with van der Waals surface area (Å²) in [6, 6.07) is 17.2. The van der Waals surface area contributed by atoms with E-state index in [1.54, 1.807) is 37.4 Å². The molecule has 0 fully saturated rings. The number of hydrogen-bond donors (Lipinski definition) is 3. The topological polar surface area (TPSA) is 118 Å². The van der Waals surface area contributed by atoms with Crippen molar-refractivity contribution >= 4 is 28.9 Å². The Bertz CT molecular complexity index is 1260. The van der Waals surface area contributed by atoms with E-state index in [-0.39, 0.29) is 23.5 Å². The van der Waals surface area contributed by atoms with Crippen molar-refractivity contribution in [1.82, 2.24) is 20.6 Å². The summed E-state index contributed by atoms with van der Waals surface area (Å²) in [6.07, 6.45) is 1.50. The first-order valence-electron chi connectivity index (χ1n) is 9.87. The molecule has 4 rings (SSSR count). The minimum absolute atomic E-state index is 0.209. The van der Waals surface area contributed by atoms with Gasteiger partial charge in [-0.3, -0.25) is 14.6 Å². The molecule has 0 saturated carbocycles. The number of amides is 2. The number of benzene rings is 2. The second-order valence-electron chi connectivity index (χ2n) is 6.81. The summed E-state index contributed by atoms with van der Waals surface area (Å²) in [7, 11) is 3.11. The number of nitrogens with zero attached hydrogens (tertiary/aromatic N) is 2. The third-order valence-electron chi connectivity index (χ3n) is 4.70. The Labute approximate surface area is 183 Å². The molecular formula is C23H21N5O4. The molecule has 0 spiro atoms. The van der Waals surface area contributed by atoms with Crippen molar-refractivity contribution in [3.63, 3.8) is 0 Å². The Morgan fingerprint density at radius 2 is 1.75 bits per heavy atom. The van der Waals surface area contributed by atoms with E-state index in [9.17, 15) is 9.59 Å². The smallest absolute Gasteiger partial charge is 0.296 e. The van der Waals surface area contributed by atoms with Gasteiger partial charge in [-0.25, -0.2) is 0 Å². The molecule has 0 aliphatic carbocycles. The van der Waals surface area contributed by atoms with E-state index in [1.807, 2.05) is 30.3 Å². The van der Waals surface area contributed by atoms with Crippen LogP contribution in [0, 0.1) is 0 Å². The summed E-state index contributed by atoms with van der Waals surface area (Å²) >= 11 is 0. The molecular weight excluding hydrogens is 410 g/mol. The van der Waals surface area contributed by atoms with Gasteiger partial charge in [0.2, 0.25) is 5.91 Å². The number of aromatic nitrogens is 2. The lowest BCUT2D eigenvalue weighted by molar-refractivity contribution is -0.121. The molecule has 2 aromatic heterocycles. The molecule has 9 heteroatoms. The Balaban J connectivity index is 1.56. The minimum atomic E-state index is -0.662. The predicted octanol–water partition coefficient (Wildman–Crippen LogP) is 3.27. The van der Waals surface area contributed by atoms with Crippen molar-refractivity contribution < 1.29 is 18.7 Å². The fourth-order valence-electron chi connectivity index (χ4n) is 3.11. The Hall–Kier alpha value is -4.40. The molecule has 9 nitrogen and oxygen atoms in total. The maximum absolute atomic E-state index is 12.4. The van der Waals surface area contributed by atoms with Crippen molar-refractivity contribution in [2.24, 2.45) is 0 Å². The molecule has 0 aliphatic rings. The molecule has 2 aromatic carbocycles. The van der Waals surface area contributed by atoms with Crippen LogP contribution >= 0.6 is 0 Å². The Kier molecular flexibility index (Phi) is 5.98. The molecule has 4 aromatic rings. The van der Waals surface area contributed by atoms with Crippen LogP contribution in [0.5, 0.6) is 11.5 Å². The third-order valence-corrected chi connectivity index (χ3v) is 4.70. The largest absolute Gasteiger partial charge is 0.457 e. The summed E-state index contributed by atoms with van der Waals surface area (Å²) < 4.78 is 11.7. The molecule has 162 valence electrons. The average molecular weight is 431 g/mol.